The predicted molar refractivity (Wildman–Crippen MR) is 58.0 cm³/mol. The molecule has 4 nitrogen and oxygen atoms in total. The van der Waals surface area contributed by atoms with Crippen molar-refractivity contribution >= 4 is 17.2 Å². The molecular weight excluding hydrogens is 210 g/mol. The van der Waals surface area contributed by atoms with Crippen molar-refractivity contribution in [2.75, 3.05) is 13.1 Å². The summed E-state index contributed by atoms with van der Waals surface area (Å²) in [7, 11) is 0. The van der Waals surface area contributed by atoms with Gasteiger partial charge in [0.1, 0.15) is 5.69 Å². The molecule has 1 aromatic heterocycles. The maximum atomic E-state index is 12.2. The number of carbonyl (C=O) groups excluding carboxylic acids is 1. The van der Waals surface area contributed by atoms with Gasteiger partial charge in [0.2, 0.25) is 0 Å². The van der Waals surface area contributed by atoms with E-state index >= 15 is 0 Å². The molecule has 2 saturated heterocycles. The van der Waals surface area contributed by atoms with Gasteiger partial charge in [-0.1, -0.05) is 0 Å². The number of carbonyl (C=O) groups is 1. The Bertz CT molecular complexity index is 349. The highest BCUT2D eigenvalue weighted by molar-refractivity contribution is 7.07. The molecule has 3 rings (SSSR count). The van der Waals surface area contributed by atoms with Crippen molar-refractivity contribution in [2.24, 2.45) is 0 Å². The van der Waals surface area contributed by atoms with Crippen LogP contribution in [0, 0.1) is 0 Å². The number of hydrogen-bond donors (Lipinski definition) is 1. The van der Waals surface area contributed by atoms with Gasteiger partial charge in [0.25, 0.3) is 5.91 Å². The maximum Gasteiger partial charge on any atom is 0.273 e. The highest BCUT2D eigenvalue weighted by Crippen LogP contribution is 2.28. The van der Waals surface area contributed by atoms with Gasteiger partial charge >= 0.3 is 0 Å². The summed E-state index contributed by atoms with van der Waals surface area (Å²) in [4.78, 5) is 18.3. The van der Waals surface area contributed by atoms with E-state index in [1.807, 2.05) is 10.3 Å². The summed E-state index contributed by atoms with van der Waals surface area (Å²) in [6.07, 6.45) is 2.26. The average Bonchev–Trinajstić information content (AvgIpc) is 2.85. The Morgan fingerprint density at radius 1 is 1.47 bits per heavy atom. The normalized spacial score (nSPS) is 29.5. The quantitative estimate of drug-likeness (QED) is 0.763. The molecule has 0 saturated carbocycles. The summed E-state index contributed by atoms with van der Waals surface area (Å²) in [6.45, 7) is 1.87. The van der Waals surface area contributed by atoms with E-state index in [0.717, 1.165) is 25.9 Å². The Morgan fingerprint density at radius 2 is 2.20 bits per heavy atom. The van der Waals surface area contributed by atoms with Crippen LogP contribution < -0.4 is 5.32 Å². The largest absolute Gasteiger partial charge is 0.329 e. The molecule has 0 radical (unpaired) electrons. The van der Waals surface area contributed by atoms with Crippen molar-refractivity contribution < 1.29 is 4.79 Å². The lowest BCUT2D eigenvalue weighted by Gasteiger charge is -2.34. The fourth-order valence-electron chi connectivity index (χ4n) is 2.56. The van der Waals surface area contributed by atoms with Gasteiger partial charge < -0.3 is 10.2 Å². The molecule has 2 fully saturated rings. The number of piperazine rings is 1. The van der Waals surface area contributed by atoms with Crippen LogP contribution in [0.25, 0.3) is 0 Å². The Kier molecular flexibility index (Phi) is 2.21. The van der Waals surface area contributed by atoms with Gasteiger partial charge in [0.15, 0.2) is 0 Å². The van der Waals surface area contributed by atoms with Gasteiger partial charge in [0, 0.05) is 30.6 Å². The van der Waals surface area contributed by atoms with Crippen LogP contribution in [0.3, 0.4) is 0 Å². The molecule has 2 aliphatic rings. The topological polar surface area (TPSA) is 45.2 Å². The second kappa shape index (κ2) is 3.57. The molecule has 0 spiro atoms. The Morgan fingerprint density at radius 3 is 2.80 bits per heavy atom. The molecule has 2 unspecified atom stereocenters. The number of nitrogens with zero attached hydrogens (tertiary/aromatic N) is 2. The first-order valence-corrected chi connectivity index (χ1v) is 6.22. The molecular formula is C10H13N3OS. The first-order chi connectivity index (χ1) is 7.36. The van der Waals surface area contributed by atoms with Gasteiger partial charge in [-0.3, -0.25) is 4.79 Å². The number of amides is 1. The fourth-order valence-corrected chi connectivity index (χ4v) is 3.09. The van der Waals surface area contributed by atoms with E-state index in [2.05, 4.69) is 10.3 Å². The Balaban J connectivity index is 1.85. The molecule has 0 aromatic carbocycles. The number of thiazole rings is 1. The molecule has 3 heterocycles. The minimum absolute atomic E-state index is 0.116. The average molecular weight is 223 g/mol. The van der Waals surface area contributed by atoms with Crippen LogP contribution in [0.2, 0.25) is 0 Å². The van der Waals surface area contributed by atoms with Crippen molar-refractivity contribution in [3.05, 3.63) is 16.6 Å². The third-order valence-electron chi connectivity index (χ3n) is 3.27. The van der Waals surface area contributed by atoms with Gasteiger partial charge in [-0.2, -0.15) is 0 Å². The zero-order chi connectivity index (χ0) is 10.3. The number of aromatic nitrogens is 1. The molecule has 2 bridgehead atoms. The minimum Gasteiger partial charge on any atom is -0.329 e. The van der Waals surface area contributed by atoms with E-state index in [0.29, 0.717) is 17.8 Å². The maximum absolute atomic E-state index is 12.2. The number of nitrogens with one attached hydrogen (secondary N) is 1. The van der Waals surface area contributed by atoms with Crippen LogP contribution in [0.4, 0.5) is 0 Å². The second-order valence-electron chi connectivity index (χ2n) is 4.13. The van der Waals surface area contributed by atoms with Crippen molar-refractivity contribution in [1.29, 1.82) is 0 Å². The zero-order valence-corrected chi connectivity index (χ0v) is 9.17. The molecule has 5 heteroatoms. The van der Waals surface area contributed by atoms with Crippen LogP contribution in [0.5, 0.6) is 0 Å². The van der Waals surface area contributed by atoms with Crippen LogP contribution in [-0.2, 0) is 0 Å². The minimum atomic E-state index is 0.116. The monoisotopic (exact) mass is 223 g/mol. The number of fused-ring (bicyclic) bond motifs is 2. The van der Waals surface area contributed by atoms with E-state index in [1.54, 1.807) is 5.51 Å². The highest BCUT2D eigenvalue weighted by Gasteiger charge is 2.40. The first-order valence-electron chi connectivity index (χ1n) is 5.28. The molecule has 1 aromatic rings. The summed E-state index contributed by atoms with van der Waals surface area (Å²) in [5.74, 6) is 0.116. The van der Waals surface area contributed by atoms with Gasteiger partial charge in [-0.15, -0.1) is 11.3 Å². The fraction of sp³-hybridized carbons (Fsp3) is 0.600. The van der Waals surface area contributed by atoms with Crippen molar-refractivity contribution in [2.45, 2.75) is 24.9 Å². The molecule has 0 aliphatic carbocycles. The molecule has 2 aliphatic heterocycles. The number of rotatable bonds is 1. The van der Waals surface area contributed by atoms with E-state index in [4.69, 9.17) is 0 Å². The number of hydrogen-bond acceptors (Lipinski definition) is 4. The molecule has 1 amide bonds. The molecule has 15 heavy (non-hydrogen) atoms. The van der Waals surface area contributed by atoms with Crippen molar-refractivity contribution in [3.63, 3.8) is 0 Å². The third kappa shape index (κ3) is 1.46. The zero-order valence-electron chi connectivity index (χ0n) is 8.35. The first kappa shape index (κ1) is 9.30. The smallest absolute Gasteiger partial charge is 0.273 e. The summed E-state index contributed by atoms with van der Waals surface area (Å²) in [5.41, 5.74) is 2.33. The Labute approximate surface area is 92.3 Å². The predicted octanol–water partition coefficient (Wildman–Crippen LogP) is 0.720. The second-order valence-corrected chi connectivity index (χ2v) is 4.85. The summed E-state index contributed by atoms with van der Waals surface area (Å²) >= 11 is 1.48. The van der Waals surface area contributed by atoms with E-state index in [1.165, 1.54) is 11.3 Å². The summed E-state index contributed by atoms with van der Waals surface area (Å²) < 4.78 is 0. The third-order valence-corrected chi connectivity index (χ3v) is 3.85. The van der Waals surface area contributed by atoms with Gasteiger partial charge in [-0.05, 0) is 12.8 Å². The van der Waals surface area contributed by atoms with Crippen LogP contribution in [0.1, 0.15) is 23.3 Å². The SMILES string of the molecule is O=C(c1cscn1)N1C2CCC1CNC2. The van der Waals surface area contributed by atoms with Crippen LogP contribution in [0.15, 0.2) is 10.9 Å². The lowest BCUT2D eigenvalue weighted by molar-refractivity contribution is 0.0614. The molecule has 80 valence electrons. The van der Waals surface area contributed by atoms with E-state index < -0.39 is 0 Å². The van der Waals surface area contributed by atoms with E-state index in [-0.39, 0.29) is 5.91 Å². The van der Waals surface area contributed by atoms with Gasteiger partial charge in [-0.25, -0.2) is 4.98 Å². The van der Waals surface area contributed by atoms with Crippen LogP contribution >= 0.6 is 11.3 Å². The van der Waals surface area contributed by atoms with E-state index in [9.17, 15) is 4.79 Å². The lowest BCUT2D eigenvalue weighted by atomic mass is 10.2. The highest BCUT2D eigenvalue weighted by atomic mass is 32.1. The Hall–Kier alpha value is -0.940. The van der Waals surface area contributed by atoms with Crippen LogP contribution in [-0.4, -0.2) is 41.0 Å². The summed E-state index contributed by atoms with van der Waals surface area (Å²) in [5, 5.41) is 5.20. The molecule has 1 N–H and O–H groups in total. The van der Waals surface area contributed by atoms with Crippen molar-refractivity contribution in [3.8, 4) is 0 Å². The lowest BCUT2D eigenvalue weighted by Crippen LogP contribution is -2.54. The summed E-state index contributed by atoms with van der Waals surface area (Å²) in [6, 6.07) is 0.774. The standard InChI is InChI=1S/C10H13N3OS/c14-10(9-5-15-6-12-9)13-7-1-2-8(13)4-11-3-7/h5-8,11H,1-4H2. The molecule has 2 atom stereocenters. The van der Waals surface area contributed by atoms with Crippen molar-refractivity contribution in [1.82, 2.24) is 15.2 Å². The van der Waals surface area contributed by atoms with Gasteiger partial charge in [0.05, 0.1) is 5.51 Å².